The van der Waals surface area contributed by atoms with E-state index in [9.17, 15) is 0 Å². The second-order valence-electron chi connectivity index (χ2n) is 20.1. The minimum Gasteiger partial charge on any atom is -0.0959 e. The Morgan fingerprint density at radius 1 is 0.375 bits per heavy atom. The summed E-state index contributed by atoms with van der Waals surface area (Å²) in [5.41, 5.74) is 4.19. The van der Waals surface area contributed by atoms with Gasteiger partial charge in [-0.1, -0.05) is 47.9 Å². The molecule has 0 spiro atoms. The average molecular weight is 857 g/mol. The molecule has 2 heteroatoms. The summed E-state index contributed by atoms with van der Waals surface area (Å²) in [6.07, 6.45) is 24.8. The van der Waals surface area contributed by atoms with Crippen LogP contribution < -0.4 is 0 Å². The van der Waals surface area contributed by atoms with E-state index >= 15 is 0 Å². The van der Waals surface area contributed by atoms with Gasteiger partial charge in [-0.15, -0.1) is 0 Å². The molecular weight excluding hydrogens is 806 g/mol. The van der Waals surface area contributed by atoms with Crippen LogP contribution in [-0.2, 0) is 10.8 Å². The van der Waals surface area contributed by atoms with Gasteiger partial charge in [-0.05, 0) is 242 Å². The molecule has 0 saturated heterocycles. The highest BCUT2D eigenvalue weighted by Crippen LogP contribution is 2.74. The molecule has 12 aliphatic rings. The topological polar surface area (TPSA) is 0 Å². The van der Waals surface area contributed by atoms with Crippen molar-refractivity contribution in [1.82, 2.24) is 0 Å². The fraction of sp³-hybridized carbons (Fsp3) is 0.652. The van der Waals surface area contributed by atoms with Crippen LogP contribution >= 0.6 is 45.2 Å². The monoisotopic (exact) mass is 856 g/mol. The van der Waals surface area contributed by atoms with Crippen LogP contribution in [0.4, 0.5) is 0 Å². The Morgan fingerprint density at radius 2 is 0.667 bits per heavy atom. The van der Waals surface area contributed by atoms with Crippen LogP contribution in [0.15, 0.2) is 48.5 Å². The standard InChI is InChI=1S/C46H50I2/c47-39-5-1-37(2-6-39)45-26-43(11-9-41-19-31-13-32(20-41)15-33(14-31)21-41)25-44(27-45,29-46(28-43,30-45)38-3-7-40(48)8-4-38)12-10-42-22-34-16-35(23-42)18-36(17-34)24-42/h1-8,31-36H,13-30H2. The van der Waals surface area contributed by atoms with Gasteiger partial charge in [0.05, 0.1) is 0 Å². The highest BCUT2D eigenvalue weighted by Gasteiger charge is 2.69. The van der Waals surface area contributed by atoms with Gasteiger partial charge in [0, 0.05) is 28.8 Å². The molecule has 12 bridgehead atoms. The number of rotatable bonds is 2. The quantitative estimate of drug-likeness (QED) is 0.209. The van der Waals surface area contributed by atoms with E-state index in [-0.39, 0.29) is 21.7 Å². The third-order valence-electron chi connectivity index (χ3n) is 16.2. The van der Waals surface area contributed by atoms with Crippen LogP contribution in [-0.4, -0.2) is 0 Å². The van der Waals surface area contributed by atoms with Crippen molar-refractivity contribution in [2.24, 2.45) is 57.2 Å². The minimum atomic E-state index is 0.0558. The largest absolute Gasteiger partial charge is 0.0959 e. The second kappa shape index (κ2) is 10.3. The van der Waals surface area contributed by atoms with E-state index in [1.165, 1.54) is 123 Å². The van der Waals surface area contributed by atoms with Crippen molar-refractivity contribution >= 4 is 45.2 Å². The van der Waals surface area contributed by atoms with Crippen molar-refractivity contribution in [2.45, 2.75) is 126 Å². The van der Waals surface area contributed by atoms with Crippen LogP contribution in [0.25, 0.3) is 0 Å². The first-order chi connectivity index (χ1) is 23.1. The molecule has 12 saturated carbocycles. The molecule has 0 aromatic heterocycles. The molecule has 0 nitrogen and oxygen atoms in total. The lowest BCUT2D eigenvalue weighted by molar-refractivity contribution is -0.0922. The van der Waals surface area contributed by atoms with Crippen molar-refractivity contribution in [3.8, 4) is 23.7 Å². The first-order valence-corrected chi connectivity index (χ1v) is 21.9. The number of halogens is 2. The summed E-state index contributed by atoms with van der Waals surface area (Å²) in [7, 11) is 0. The summed E-state index contributed by atoms with van der Waals surface area (Å²) >= 11 is 5.00. The average Bonchev–Trinajstić information content (AvgIpc) is 3.02. The van der Waals surface area contributed by atoms with Crippen LogP contribution in [0, 0.1) is 88.0 Å². The second-order valence-corrected chi connectivity index (χ2v) is 22.6. The van der Waals surface area contributed by atoms with E-state index in [1.807, 2.05) is 0 Å². The van der Waals surface area contributed by atoms with Crippen LogP contribution in [0.5, 0.6) is 0 Å². The lowest BCUT2D eigenvalue weighted by atomic mass is 9.33. The maximum absolute atomic E-state index is 4.39. The predicted molar refractivity (Wildman–Crippen MR) is 211 cm³/mol. The Hall–Kier alpha value is -0.980. The van der Waals surface area contributed by atoms with Crippen molar-refractivity contribution < 1.29 is 0 Å². The molecule has 2 aromatic rings. The van der Waals surface area contributed by atoms with Crippen molar-refractivity contribution in [3.63, 3.8) is 0 Å². The van der Waals surface area contributed by atoms with Gasteiger partial charge in [0.1, 0.15) is 0 Å². The Bertz CT molecular complexity index is 1570. The summed E-state index contributed by atoms with van der Waals surface area (Å²) in [5, 5.41) is 0. The van der Waals surface area contributed by atoms with Gasteiger partial charge >= 0.3 is 0 Å². The van der Waals surface area contributed by atoms with E-state index in [0.29, 0.717) is 10.8 Å². The zero-order valence-electron chi connectivity index (χ0n) is 28.6. The molecule has 0 amide bonds. The Kier molecular flexibility index (Phi) is 6.59. The molecule has 48 heavy (non-hydrogen) atoms. The van der Waals surface area contributed by atoms with Gasteiger partial charge in [-0.2, -0.15) is 0 Å². The van der Waals surface area contributed by atoms with Gasteiger partial charge < -0.3 is 0 Å². The van der Waals surface area contributed by atoms with E-state index in [1.54, 1.807) is 11.1 Å². The SMILES string of the molecule is Ic1ccc(C23CC4(C#CC56CC7CC(CC(C7)C5)C6)CC(C#CC56CC7CC(CC(C7)C5)C6)(C2)CC(c2ccc(I)cc2)(C4)C3)cc1. The minimum absolute atomic E-state index is 0.0558. The van der Waals surface area contributed by atoms with Gasteiger partial charge in [0.25, 0.3) is 0 Å². The Labute approximate surface area is 316 Å². The molecule has 0 radical (unpaired) electrons. The first kappa shape index (κ1) is 30.6. The van der Waals surface area contributed by atoms with Gasteiger partial charge in [0.2, 0.25) is 0 Å². The zero-order chi connectivity index (χ0) is 32.0. The highest BCUT2D eigenvalue weighted by molar-refractivity contribution is 14.1. The van der Waals surface area contributed by atoms with Crippen molar-refractivity contribution in [2.75, 3.05) is 0 Å². The highest BCUT2D eigenvalue weighted by atomic mass is 127. The molecule has 12 aliphatic carbocycles. The zero-order valence-corrected chi connectivity index (χ0v) is 32.9. The Balaban J connectivity index is 1.07. The third-order valence-corrected chi connectivity index (χ3v) is 17.7. The third kappa shape index (κ3) is 4.79. The smallest absolute Gasteiger partial charge is 0.0346 e. The summed E-state index contributed by atoms with van der Waals surface area (Å²) in [6.45, 7) is 0. The van der Waals surface area contributed by atoms with Gasteiger partial charge in [0.15, 0.2) is 0 Å². The molecule has 0 atom stereocenters. The fourth-order valence-electron chi connectivity index (χ4n) is 16.2. The maximum atomic E-state index is 4.39. The molecule has 12 fully saturated rings. The molecular formula is C46H50I2. The molecule has 0 unspecified atom stereocenters. The molecule has 0 N–H and O–H groups in total. The first-order valence-electron chi connectivity index (χ1n) is 19.7. The molecule has 0 aliphatic heterocycles. The molecule has 248 valence electrons. The predicted octanol–water partition coefficient (Wildman–Crippen LogP) is 11.9. The van der Waals surface area contributed by atoms with Gasteiger partial charge in [-0.25, -0.2) is 0 Å². The molecule has 2 aromatic carbocycles. The summed E-state index contributed by atoms with van der Waals surface area (Å²) < 4.78 is 2.70. The van der Waals surface area contributed by atoms with E-state index in [0.717, 1.165) is 35.5 Å². The number of hydrogen-bond donors (Lipinski definition) is 0. The van der Waals surface area contributed by atoms with E-state index in [2.05, 4.69) is 117 Å². The summed E-state index contributed by atoms with van der Waals surface area (Å²) in [6, 6.07) is 19.6. The summed E-state index contributed by atoms with van der Waals surface area (Å²) in [4.78, 5) is 0. The van der Waals surface area contributed by atoms with Crippen molar-refractivity contribution in [1.29, 1.82) is 0 Å². The number of benzene rings is 2. The fourth-order valence-corrected chi connectivity index (χ4v) is 16.9. The van der Waals surface area contributed by atoms with Crippen LogP contribution in [0.1, 0.15) is 127 Å². The lowest BCUT2D eigenvalue weighted by Gasteiger charge is -2.69. The Morgan fingerprint density at radius 3 is 0.979 bits per heavy atom. The van der Waals surface area contributed by atoms with Crippen LogP contribution in [0.3, 0.4) is 0 Å². The molecule has 14 rings (SSSR count). The number of hydrogen-bond acceptors (Lipinski definition) is 0. The molecule has 0 heterocycles. The van der Waals surface area contributed by atoms with Crippen LogP contribution in [0.2, 0.25) is 0 Å². The van der Waals surface area contributed by atoms with E-state index in [4.69, 9.17) is 0 Å². The van der Waals surface area contributed by atoms with E-state index < -0.39 is 0 Å². The van der Waals surface area contributed by atoms with Gasteiger partial charge in [-0.3, -0.25) is 0 Å². The summed E-state index contributed by atoms with van der Waals surface area (Å²) in [5.74, 6) is 23.1. The normalized spacial score (nSPS) is 49.8. The lowest BCUT2D eigenvalue weighted by Crippen LogP contribution is -2.63. The maximum Gasteiger partial charge on any atom is 0.0346 e. The van der Waals surface area contributed by atoms with Crippen molar-refractivity contribution in [3.05, 3.63) is 66.8 Å².